The molecule has 0 atom stereocenters. The third-order valence-corrected chi connectivity index (χ3v) is 8.81. The van der Waals surface area contributed by atoms with Crippen molar-refractivity contribution in [2.45, 2.75) is 174 Å². The number of hydrogen-bond donors (Lipinski definition) is 1. The van der Waals surface area contributed by atoms with E-state index in [2.05, 4.69) is 42.6 Å². The monoisotopic (exact) mass is 554 g/mol. The number of anilines is 1. The van der Waals surface area contributed by atoms with E-state index in [4.69, 9.17) is 4.74 Å². The molecule has 1 aliphatic heterocycles. The van der Waals surface area contributed by atoms with Crippen molar-refractivity contribution < 1.29 is 4.74 Å². The van der Waals surface area contributed by atoms with Gasteiger partial charge in [0.1, 0.15) is 0 Å². The van der Waals surface area contributed by atoms with Gasteiger partial charge in [0, 0.05) is 24.4 Å². The van der Waals surface area contributed by atoms with Gasteiger partial charge in [-0.2, -0.15) is 0 Å². The highest BCUT2D eigenvalue weighted by Gasteiger charge is 2.11. The van der Waals surface area contributed by atoms with E-state index in [9.17, 15) is 0 Å². The molecule has 230 valence electrons. The molecule has 1 aliphatic rings. The van der Waals surface area contributed by atoms with E-state index in [0.717, 1.165) is 19.8 Å². The van der Waals surface area contributed by atoms with Crippen LogP contribution in [0.1, 0.15) is 179 Å². The van der Waals surface area contributed by atoms with Crippen LogP contribution in [0.25, 0.3) is 5.57 Å². The maximum absolute atomic E-state index is 5.99. The molecule has 1 heterocycles. The predicted molar refractivity (Wildman–Crippen MR) is 179 cm³/mol. The Hall–Kier alpha value is -1.28. The highest BCUT2D eigenvalue weighted by molar-refractivity contribution is 5.79. The lowest BCUT2D eigenvalue weighted by Gasteiger charge is -2.19. The molecule has 0 radical (unpaired) electrons. The summed E-state index contributed by atoms with van der Waals surface area (Å²) in [5.74, 6) is 0. The number of unbranched alkanes of at least 4 members (excludes halogenated alkanes) is 25. The summed E-state index contributed by atoms with van der Waals surface area (Å²) in [7, 11) is 0. The number of para-hydroxylation sites is 1. The molecule has 1 aromatic carbocycles. The van der Waals surface area contributed by atoms with Crippen LogP contribution in [0, 0.1) is 0 Å². The lowest BCUT2D eigenvalue weighted by molar-refractivity contribution is 0.161. The Morgan fingerprint density at radius 1 is 0.525 bits per heavy atom. The molecule has 0 amide bonds. The van der Waals surface area contributed by atoms with Crippen LogP contribution in [-0.4, -0.2) is 19.8 Å². The first-order chi connectivity index (χ1) is 19.9. The third kappa shape index (κ3) is 19.0. The Kier molecular flexibility index (Phi) is 23.2. The molecule has 40 heavy (non-hydrogen) atoms. The molecular weight excluding hydrogens is 486 g/mol. The first-order valence-electron chi connectivity index (χ1n) is 18.0. The first kappa shape index (κ1) is 34.9. The third-order valence-electron chi connectivity index (χ3n) is 8.81. The van der Waals surface area contributed by atoms with E-state index in [0.29, 0.717) is 0 Å². The SMILES string of the molecule is CCCCCCCCCCCCCCCCCCCCCCCCCCCCOCC1=CCNc2ccccc21. The summed E-state index contributed by atoms with van der Waals surface area (Å²) >= 11 is 0. The van der Waals surface area contributed by atoms with Crippen LogP contribution in [0.15, 0.2) is 30.3 Å². The molecule has 1 N–H and O–H groups in total. The van der Waals surface area contributed by atoms with E-state index in [1.165, 1.54) is 184 Å². The van der Waals surface area contributed by atoms with E-state index < -0.39 is 0 Å². The van der Waals surface area contributed by atoms with Crippen LogP contribution < -0.4 is 5.32 Å². The van der Waals surface area contributed by atoms with Gasteiger partial charge in [0.25, 0.3) is 0 Å². The van der Waals surface area contributed by atoms with Gasteiger partial charge >= 0.3 is 0 Å². The van der Waals surface area contributed by atoms with E-state index in [-0.39, 0.29) is 0 Å². The van der Waals surface area contributed by atoms with Crippen LogP contribution in [0.4, 0.5) is 5.69 Å². The number of rotatable bonds is 29. The molecule has 0 spiro atoms. The fourth-order valence-corrected chi connectivity index (χ4v) is 6.15. The van der Waals surface area contributed by atoms with Gasteiger partial charge in [0.2, 0.25) is 0 Å². The Labute approximate surface area is 250 Å². The number of hydrogen-bond acceptors (Lipinski definition) is 2. The van der Waals surface area contributed by atoms with Crippen molar-refractivity contribution >= 4 is 11.3 Å². The maximum Gasteiger partial charge on any atom is 0.0720 e. The van der Waals surface area contributed by atoms with E-state index in [1.54, 1.807) is 0 Å². The van der Waals surface area contributed by atoms with Crippen LogP contribution in [0.2, 0.25) is 0 Å². The molecule has 0 unspecified atom stereocenters. The largest absolute Gasteiger partial charge is 0.381 e. The standard InChI is InChI=1S/C38H67NO/c1-2-3-4-5-6-7-8-9-10-11-12-13-14-15-16-17-18-19-20-21-22-23-24-25-26-29-34-40-35-36-32-33-39-38-31-28-27-30-37(36)38/h27-28,30-32,39H,2-26,29,33-35H2,1H3. The van der Waals surface area contributed by atoms with Crippen molar-refractivity contribution in [2.75, 3.05) is 25.1 Å². The average Bonchev–Trinajstić information content (AvgIpc) is 2.98. The normalized spacial score (nSPS) is 12.8. The van der Waals surface area contributed by atoms with Crippen molar-refractivity contribution in [2.24, 2.45) is 0 Å². The summed E-state index contributed by atoms with van der Waals surface area (Å²) in [6.45, 7) is 4.86. The average molecular weight is 554 g/mol. The quantitative estimate of drug-likeness (QED) is 0.0996. The topological polar surface area (TPSA) is 21.3 Å². The highest BCUT2D eigenvalue weighted by Crippen LogP contribution is 2.27. The fraction of sp³-hybridized carbons (Fsp3) is 0.789. The molecule has 2 heteroatoms. The summed E-state index contributed by atoms with van der Waals surface area (Å²) in [4.78, 5) is 0. The molecule has 1 aromatic rings. The minimum Gasteiger partial charge on any atom is -0.381 e. The van der Waals surface area contributed by atoms with E-state index in [1.807, 2.05) is 0 Å². The molecule has 0 aromatic heterocycles. The lowest BCUT2D eigenvalue weighted by atomic mass is 10.0. The van der Waals surface area contributed by atoms with Gasteiger partial charge in [-0.1, -0.05) is 192 Å². The van der Waals surface area contributed by atoms with Crippen molar-refractivity contribution in [1.29, 1.82) is 0 Å². The minimum absolute atomic E-state index is 0.748. The van der Waals surface area contributed by atoms with Crippen LogP contribution >= 0.6 is 0 Å². The summed E-state index contributed by atoms with van der Waals surface area (Å²) in [6, 6.07) is 8.56. The van der Waals surface area contributed by atoms with Crippen molar-refractivity contribution in [3.05, 3.63) is 35.9 Å². The summed E-state index contributed by atoms with van der Waals surface area (Å²) < 4.78 is 5.99. The molecule has 0 bridgehead atoms. The van der Waals surface area contributed by atoms with Crippen molar-refractivity contribution in [3.8, 4) is 0 Å². The molecule has 0 saturated carbocycles. The molecule has 0 saturated heterocycles. The van der Waals surface area contributed by atoms with Gasteiger partial charge in [-0.3, -0.25) is 0 Å². The summed E-state index contributed by atoms with van der Waals surface area (Å²) in [5, 5.41) is 3.43. The smallest absolute Gasteiger partial charge is 0.0720 e. The molecule has 0 fully saturated rings. The summed E-state index contributed by atoms with van der Waals surface area (Å²) in [5.41, 5.74) is 3.88. The van der Waals surface area contributed by atoms with Gasteiger partial charge in [-0.05, 0) is 18.1 Å². The van der Waals surface area contributed by atoms with Gasteiger partial charge in [0.15, 0.2) is 0 Å². The molecular formula is C38H67NO. The zero-order chi connectivity index (χ0) is 28.2. The zero-order valence-electron chi connectivity index (χ0n) is 26.8. The first-order valence-corrected chi connectivity index (χ1v) is 18.0. The van der Waals surface area contributed by atoms with Gasteiger partial charge in [-0.25, -0.2) is 0 Å². The molecule has 2 nitrogen and oxygen atoms in total. The Morgan fingerprint density at radius 3 is 1.38 bits per heavy atom. The minimum atomic E-state index is 0.748. The second kappa shape index (κ2) is 26.6. The van der Waals surface area contributed by atoms with Gasteiger partial charge < -0.3 is 10.1 Å². The maximum atomic E-state index is 5.99. The van der Waals surface area contributed by atoms with Crippen molar-refractivity contribution in [3.63, 3.8) is 0 Å². The number of fused-ring (bicyclic) bond motifs is 1. The van der Waals surface area contributed by atoms with Crippen molar-refractivity contribution in [1.82, 2.24) is 0 Å². The molecule has 2 rings (SSSR count). The van der Waals surface area contributed by atoms with Crippen LogP contribution in [0.5, 0.6) is 0 Å². The fourth-order valence-electron chi connectivity index (χ4n) is 6.15. The number of nitrogens with one attached hydrogen (secondary N) is 1. The predicted octanol–water partition coefficient (Wildman–Crippen LogP) is 12.7. The summed E-state index contributed by atoms with van der Waals surface area (Å²) in [6.07, 6.45) is 39.8. The Bertz CT molecular complexity index is 711. The number of benzene rings is 1. The van der Waals surface area contributed by atoms with Gasteiger partial charge in [0.05, 0.1) is 6.61 Å². The number of ether oxygens (including phenoxy) is 1. The second-order valence-corrected chi connectivity index (χ2v) is 12.5. The van der Waals surface area contributed by atoms with Crippen LogP contribution in [-0.2, 0) is 4.74 Å². The van der Waals surface area contributed by atoms with Crippen LogP contribution in [0.3, 0.4) is 0 Å². The lowest BCUT2D eigenvalue weighted by Crippen LogP contribution is -2.11. The van der Waals surface area contributed by atoms with E-state index >= 15 is 0 Å². The second-order valence-electron chi connectivity index (χ2n) is 12.5. The zero-order valence-corrected chi connectivity index (χ0v) is 26.8. The Balaban J connectivity index is 1.20. The highest BCUT2D eigenvalue weighted by atomic mass is 16.5. The Morgan fingerprint density at radius 2 is 0.925 bits per heavy atom. The molecule has 0 aliphatic carbocycles. The van der Waals surface area contributed by atoms with Gasteiger partial charge in [-0.15, -0.1) is 0 Å².